The van der Waals surface area contributed by atoms with E-state index in [9.17, 15) is 5.11 Å². The predicted molar refractivity (Wildman–Crippen MR) is 68.0 cm³/mol. The van der Waals surface area contributed by atoms with Gasteiger partial charge < -0.3 is 15.6 Å². The Balaban J connectivity index is 2.21. The van der Waals surface area contributed by atoms with Crippen molar-refractivity contribution in [1.29, 1.82) is 0 Å². The van der Waals surface area contributed by atoms with E-state index in [0.29, 0.717) is 12.5 Å². The van der Waals surface area contributed by atoms with Crippen molar-refractivity contribution in [2.24, 2.45) is 17.6 Å². The van der Waals surface area contributed by atoms with Crippen molar-refractivity contribution in [2.45, 2.75) is 26.4 Å². The van der Waals surface area contributed by atoms with Crippen LogP contribution in [0.1, 0.15) is 31.1 Å². The molecule has 1 heterocycles. The molecule has 1 aromatic rings. The summed E-state index contributed by atoms with van der Waals surface area (Å²) in [4.78, 5) is 0. The average Bonchev–Trinajstić information content (AvgIpc) is 2.75. The van der Waals surface area contributed by atoms with Crippen molar-refractivity contribution in [3.63, 3.8) is 0 Å². The van der Waals surface area contributed by atoms with Crippen LogP contribution in [0.4, 0.5) is 0 Å². The molecule has 0 aliphatic carbocycles. The minimum Gasteiger partial charge on any atom is -0.493 e. The van der Waals surface area contributed by atoms with Crippen molar-refractivity contribution in [2.75, 3.05) is 13.2 Å². The molecule has 2 rings (SSSR count). The quantitative estimate of drug-likeness (QED) is 0.838. The molecule has 3 heteroatoms. The van der Waals surface area contributed by atoms with Gasteiger partial charge in [0.1, 0.15) is 5.75 Å². The van der Waals surface area contributed by atoms with Crippen LogP contribution in [0.5, 0.6) is 5.75 Å². The number of benzene rings is 1. The number of hydrogen-bond acceptors (Lipinski definition) is 3. The van der Waals surface area contributed by atoms with Gasteiger partial charge in [-0.1, -0.05) is 19.9 Å². The molecular weight excluding hydrogens is 214 g/mol. The zero-order valence-electron chi connectivity index (χ0n) is 10.5. The summed E-state index contributed by atoms with van der Waals surface area (Å²) in [6, 6.07) is 5.95. The van der Waals surface area contributed by atoms with Gasteiger partial charge >= 0.3 is 0 Å². The molecule has 0 saturated heterocycles. The first-order chi connectivity index (χ1) is 8.13. The van der Waals surface area contributed by atoms with E-state index < -0.39 is 6.10 Å². The molecule has 1 aliphatic rings. The molecular formula is C14H21NO2. The summed E-state index contributed by atoms with van der Waals surface area (Å²) in [6.07, 6.45) is 0.455. The Morgan fingerprint density at radius 3 is 2.82 bits per heavy atom. The second kappa shape index (κ2) is 5.07. The van der Waals surface area contributed by atoms with Gasteiger partial charge in [0, 0.05) is 12.3 Å². The molecule has 2 atom stereocenters. The third-order valence-electron chi connectivity index (χ3n) is 3.59. The number of fused-ring (bicyclic) bond motifs is 1. The van der Waals surface area contributed by atoms with Gasteiger partial charge in [-0.3, -0.25) is 0 Å². The molecule has 0 spiro atoms. The first-order valence-electron chi connectivity index (χ1n) is 6.27. The van der Waals surface area contributed by atoms with Crippen molar-refractivity contribution in [3.05, 3.63) is 29.3 Å². The second-order valence-electron chi connectivity index (χ2n) is 5.05. The fraction of sp³-hybridized carbons (Fsp3) is 0.571. The van der Waals surface area contributed by atoms with Crippen molar-refractivity contribution >= 4 is 0 Å². The van der Waals surface area contributed by atoms with Crippen LogP contribution in [-0.2, 0) is 6.42 Å². The SMILES string of the molecule is CC(C)C(CN)C(O)c1ccc2c(c1)CCO2. The van der Waals surface area contributed by atoms with Gasteiger partial charge in [-0.15, -0.1) is 0 Å². The number of hydrogen-bond donors (Lipinski definition) is 2. The number of nitrogens with two attached hydrogens (primary N) is 1. The summed E-state index contributed by atoms with van der Waals surface area (Å²) < 4.78 is 5.46. The molecule has 3 N–H and O–H groups in total. The van der Waals surface area contributed by atoms with Crippen LogP contribution >= 0.6 is 0 Å². The molecule has 0 radical (unpaired) electrons. The number of ether oxygens (including phenoxy) is 1. The maximum Gasteiger partial charge on any atom is 0.122 e. The number of rotatable bonds is 4. The summed E-state index contributed by atoms with van der Waals surface area (Å²) in [7, 11) is 0. The topological polar surface area (TPSA) is 55.5 Å². The van der Waals surface area contributed by atoms with Gasteiger partial charge in [-0.25, -0.2) is 0 Å². The molecule has 0 fully saturated rings. The molecule has 1 aromatic carbocycles. The molecule has 17 heavy (non-hydrogen) atoms. The Morgan fingerprint density at radius 1 is 1.41 bits per heavy atom. The zero-order valence-corrected chi connectivity index (χ0v) is 10.5. The highest BCUT2D eigenvalue weighted by Gasteiger charge is 2.24. The standard InChI is InChI=1S/C14H21NO2/c1-9(2)12(8-15)14(16)11-3-4-13-10(7-11)5-6-17-13/h3-4,7,9,12,14,16H,5-6,8,15H2,1-2H3. The van der Waals surface area contributed by atoms with Crippen LogP contribution in [0.25, 0.3) is 0 Å². The first-order valence-corrected chi connectivity index (χ1v) is 6.27. The molecule has 1 aliphatic heterocycles. The minimum atomic E-state index is -0.481. The molecule has 0 aromatic heterocycles. The van der Waals surface area contributed by atoms with Crippen LogP contribution < -0.4 is 10.5 Å². The van der Waals surface area contributed by atoms with Crippen LogP contribution in [0.15, 0.2) is 18.2 Å². The van der Waals surface area contributed by atoms with Crippen molar-refractivity contribution in [1.82, 2.24) is 0 Å². The minimum absolute atomic E-state index is 0.107. The van der Waals surface area contributed by atoms with Crippen LogP contribution in [-0.4, -0.2) is 18.3 Å². The fourth-order valence-electron chi connectivity index (χ4n) is 2.40. The largest absolute Gasteiger partial charge is 0.493 e. The number of aliphatic hydroxyl groups is 1. The third kappa shape index (κ3) is 2.45. The van der Waals surface area contributed by atoms with E-state index in [2.05, 4.69) is 19.9 Å². The van der Waals surface area contributed by atoms with E-state index in [4.69, 9.17) is 10.5 Å². The summed E-state index contributed by atoms with van der Waals surface area (Å²) in [5, 5.41) is 10.4. The Bertz CT molecular complexity index is 390. The predicted octanol–water partition coefficient (Wildman–Crippen LogP) is 1.89. The summed E-state index contributed by atoms with van der Waals surface area (Å²) in [5.74, 6) is 1.43. The van der Waals surface area contributed by atoms with Gasteiger partial charge in [-0.2, -0.15) is 0 Å². The van der Waals surface area contributed by atoms with Crippen LogP contribution in [0.2, 0.25) is 0 Å². The van der Waals surface area contributed by atoms with Crippen LogP contribution in [0, 0.1) is 11.8 Å². The van der Waals surface area contributed by atoms with Gasteiger partial charge in [0.15, 0.2) is 0 Å². The van der Waals surface area contributed by atoms with Crippen LogP contribution in [0.3, 0.4) is 0 Å². The zero-order chi connectivity index (χ0) is 12.4. The van der Waals surface area contributed by atoms with Gasteiger partial charge in [-0.05, 0) is 35.7 Å². The van der Waals surface area contributed by atoms with E-state index in [1.165, 1.54) is 5.56 Å². The molecule has 0 saturated carbocycles. The van der Waals surface area contributed by atoms with Gasteiger partial charge in [0.05, 0.1) is 12.7 Å². The van der Waals surface area contributed by atoms with E-state index in [0.717, 1.165) is 24.3 Å². The van der Waals surface area contributed by atoms with E-state index in [1.54, 1.807) is 0 Å². The Hall–Kier alpha value is -1.06. The Labute approximate surface area is 103 Å². The maximum absolute atomic E-state index is 10.4. The van der Waals surface area contributed by atoms with Crippen molar-refractivity contribution in [3.8, 4) is 5.75 Å². The monoisotopic (exact) mass is 235 g/mol. The lowest BCUT2D eigenvalue weighted by molar-refractivity contribution is 0.0860. The average molecular weight is 235 g/mol. The molecule has 2 unspecified atom stereocenters. The number of aliphatic hydroxyl groups excluding tert-OH is 1. The highest BCUT2D eigenvalue weighted by atomic mass is 16.5. The third-order valence-corrected chi connectivity index (χ3v) is 3.59. The van der Waals surface area contributed by atoms with E-state index >= 15 is 0 Å². The summed E-state index contributed by atoms with van der Waals surface area (Å²) in [5.41, 5.74) is 7.89. The van der Waals surface area contributed by atoms with E-state index in [1.807, 2.05) is 12.1 Å². The summed E-state index contributed by atoms with van der Waals surface area (Å²) >= 11 is 0. The van der Waals surface area contributed by atoms with Gasteiger partial charge in [0.25, 0.3) is 0 Å². The second-order valence-corrected chi connectivity index (χ2v) is 5.05. The molecule has 0 bridgehead atoms. The Morgan fingerprint density at radius 2 is 2.18 bits per heavy atom. The molecule has 0 amide bonds. The van der Waals surface area contributed by atoms with Crippen molar-refractivity contribution < 1.29 is 9.84 Å². The lowest BCUT2D eigenvalue weighted by Crippen LogP contribution is -2.26. The van der Waals surface area contributed by atoms with E-state index in [-0.39, 0.29) is 5.92 Å². The highest BCUT2D eigenvalue weighted by Crippen LogP contribution is 2.32. The lowest BCUT2D eigenvalue weighted by Gasteiger charge is -2.25. The normalized spacial score (nSPS) is 17.7. The Kier molecular flexibility index (Phi) is 3.69. The first kappa shape index (κ1) is 12.4. The fourth-order valence-corrected chi connectivity index (χ4v) is 2.40. The summed E-state index contributed by atoms with van der Waals surface area (Å²) in [6.45, 7) is 5.44. The molecule has 3 nitrogen and oxygen atoms in total. The molecule has 94 valence electrons. The lowest BCUT2D eigenvalue weighted by atomic mass is 9.86. The smallest absolute Gasteiger partial charge is 0.122 e. The highest BCUT2D eigenvalue weighted by molar-refractivity contribution is 5.40. The maximum atomic E-state index is 10.4. The van der Waals surface area contributed by atoms with Gasteiger partial charge in [0.2, 0.25) is 0 Å².